The zero-order chi connectivity index (χ0) is 8.36. The van der Waals surface area contributed by atoms with Crippen molar-refractivity contribution in [2.45, 2.75) is 26.7 Å². The molecule has 0 radical (unpaired) electrons. The third-order valence-corrected chi connectivity index (χ3v) is 1.25. The SMILES string of the molecule is CCC=CC=CCCOCC. The van der Waals surface area contributed by atoms with E-state index < -0.39 is 0 Å². The van der Waals surface area contributed by atoms with Crippen LogP contribution >= 0.6 is 0 Å². The summed E-state index contributed by atoms with van der Waals surface area (Å²) in [6.45, 7) is 5.80. The summed E-state index contributed by atoms with van der Waals surface area (Å²) in [5, 5.41) is 0. The maximum absolute atomic E-state index is 5.16. The van der Waals surface area contributed by atoms with Gasteiger partial charge in [-0.2, -0.15) is 0 Å². The predicted octanol–water partition coefficient (Wildman–Crippen LogP) is 2.94. The van der Waals surface area contributed by atoms with Crippen LogP contribution in [0, 0.1) is 0 Å². The molecule has 11 heavy (non-hydrogen) atoms. The smallest absolute Gasteiger partial charge is 0.0500 e. The van der Waals surface area contributed by atoms with E-state index in [0.717, 1.165) is 26.1 Å². The molecule has 0 unspecified atom stereocenters. The van der Waals surface area contributed by atoms with Gasteiger partial charge < -0.3 is 4.74 Å². The van der Waals surface area contributed by atoms with Crippen LogP contribution in [0.1, 0.15) is 26.7 Å². The Morgan fingerprint density at radius 2 is 1.82 bits per heavy atom. The molecule has 0 heterocycles. The lowest BCUT2D eigenvalue weighted by Crippen LogP contribution is -1.89. The van der Waals surface area contributed by atoms with Crippen molar-refractivity contribution in [3.05, 3.63) is 24.3 Å². The first-order chi connectivity index (χ1) is 5.41. The van der Waals surface area contributed by atoms with Gasteiger partial charge in [-0.3, -0.25) is 0 Å². The van der Waals surface area contributed by atoms with Gasteiger partial charge in [0.25, 0.3) is 0 Å². The summed E-state index contributed by atoms with van der Waals surface area (Å²) in [5.74, 6) is 0. The van der Waals surface area contributed by atoms with Gasteiger partial charge in [0.1, 0.15) is 0 Å². The first-order valence-electron chi connectivity index (χ1n) is 4.31. The Morgan fingerprint density at radius 1 is 1.09 bits per heavy atom. The van der Waals surface area contributed by atoms with Crippen molar-refractivity contribution >= 4 is 0 Å². The summed E-state index contributed by atoms with van der Waals surface area (Å²) in [6.07, 6.45) is 10.5. The van der Waals surface area contributed by atoms with Gasteiger partial charge in [0.2, 0.25) is 0 Å². The minimum Gasteiger partial charge on any atom is -0.381 e. The predicted molar refractivity (Wildman–Crippen MR) is 49.7 cm³/mol. The third-order valence-electron chi connectivity index (χ3n) is 1.25. The average Bonchev–Trinajstić information content (AvgIpc) is 2.03. The summed E-state index contributed by atoms with van der Waals surface area (Å²) in [4.78, 5) is 0. The topological polar surface area (TPSA) is 9.23 Å². The minimum atomic E-state index is 0.818. The Bertz CT molecular complexity index is 114. The van der Waals surface area contributed by atoms with E-state index in [1.54, 1.807) is 0 Å². The first-order valence-corrected chi connectivity index (χ1v) is 4.31. The molecule has 0 rings (SSSR count). The minimum absolute atomic E-state index is 0.818. The normalized spacial score (nSPS) is 11.8. The molecule has 0 bridgehead atoms. The highest BCUT2D eigenvalue weighted by Crippen LogP contribution is 1.87. The average molecular weight is 154 g/mol. The zero-order valence-electron chi connectivity index (χ0n) is 7.55. The number of ether oxygens (including phenoxy) is 1. The molecule has 0 aromatic carbocycles. The number of hydrogen-bond donors (Lipinski definition) is 0. The van der Waals surface area contributed by atoms with E-state index in [1.165, 1.54) is 0 Å². The standard InChI is InChI=1S/C10H18O/c1-3-5-6-7-8-9-10-11-4-2/h5-8H,3-4,9-10H2,1-2H3. The second-order valence-corrected chi connectivity index (χ2v) is 2.25. The van der Waals surface area contributed by atoms with Gasteiger partial charge in [0.15, 0.2) is 0 Å². The van der Waals surface area contributed by atoms with E-state index in [1.807, 2.05) is 6.92 Å². The van der Waals surface area contributed by atoms with Crippen molar-refractivity contribution < 1.29 is 4.74 Å². The van der Waals surface area contributed by atoms with Crippen LogP contribution < -0.4 is 0 Å². The van der Waals surface area contributed by atoms with E-state index in [0.29, 0.717) is 0 Å². The molecule has 0 spiro atoms. The van der Waals surface area contributed by atoms with Crippen molar-refractivity contribution in [1.82, 2.24) is 0 Å². The summed E-state index contributed by atoms with van der Waals surface area (Å²) >= 11 is 0. The zero-order valence-corrected chi connectivity index (χ0v) is 7.55. The molecule has 0 N–H and O–H groups in total. The second kappa shape index (κ2) is 9.44. The van der Waals surface area contributed by atoms with Crippen molar-refractivity contribution in [2.75, 3.05) is 13.2 Å². The third kappa shape index (κ3) is 9.44. The fraction of sp³-hybridized carbons (Fsp3) is 0.600. The molecule has 0 amide bonds. The monoisotopic (exact) mass is 154 g/mol. The van der Waals surface area contributed by atoms with Crippen LogP contribution in [0.3, 0.4) is 0 Å². The van der Waals surface area contributed by atoms with Gasteiger partial charge in [-0.15, -0.1) is 0 Å². The van der Waals surface area contributed by atoms with E-state index in [2.05, 4.69) is 31.2 Å². The fourth-order valence-electron chi connectivity index (χ4n) is 0.685. The molecule has 0 aliphatic rings. The van der Waals surface area contributed by atoms with E-state index in [4.69, 9.17) is 4.74 Å². The lowest BCUT2D eigenvalue weighted by molar-refractivity contribution is 0.152. The van der Waals surface area contributed by atoms with Gasteiger partial charge in [0, 0.05) is 13.2 Å². The number of allylic oxidation sites excluding steroid dienone is 3. The maximum atomic E-state index is 5.16. The Labute approximate surface area is 69.8 Å². The molecule has 0 atom stereocenters. The van der Waals surface area contributed by atoms with Crippen LogP contribution in [0.5, 0.6) is 0 Å². The second-order valence-electron chi connectivity index (χ2n) is 2.25. The molecule has 0 saturated heterocycles. The molecule has 0 fully saturated rings. The molecular weight excluding hydrogens is 136 g/mol. The van der Waals surface area contributed by atoms with Gasteiger partial charge in [0.05, 0.1) is 0 Å². The van der Waals surface area contributed by atoms with E-state index in [9.17, 15) is 0 Å². The highest BCUT2D eigenvalue weighted by Gasteiger charge is 1.77. The van der Waals surface area contributed by atoms with Gasteiger partial charge in [-0.1, -0.05) is 31.2 Å². The lowest BCUT2D eigenvalue weighted by Gasteiger charge is -1.93. The highest BCUT2D eigenvalue weighted by molar-refractivity contribution is 5.01. The number of rotatable bonds is 6. The molecule has 1 nitrogen and oxygen atoms in total. The summed E-state index contributed by atoms with van der Waals surface area (Å²) < 4.78 is 5.16. The highest BCUT2D eigenvalue weighted by atomic mass is 16.5. The van der Waals surface area contributed by atoms with Crippen molar-refractivity contribution in [3.63, 3.8) is 0 Å². The summed E-state index contributed by atoms with van der Waals surface area (Å²) in [7, 11) is 0. The molecule has 0 aliphatic heterocycles. The lowest BCUT2D eigenvalue weighted by atomic mass is 10.3. The van der Waals surface area contributed by atoms with E-state index in [-0.39, 0.29) is 0 Å². The summed E-state index contributed by atoms with van der Waals surface area (Å²) in [6, 6.07) is 0. The van der Waals surface area contributed by atoms with Crippen LogP contribution in [0.2, 0.25) is 0 Å². The molecular formula is C10H18O. The molecule has 0 aromatic heterocycles. The van der Waals surface area contributed by atoms with Crippen molar-refractivity contribution in [2.24, 2.45) is 0 Å². The van der Waals surface area contributed by atoms with Crippen LogP contribution in [0.15, 0.2) is 24.3 Å². The Hall–Kier alpha value is -0.560. The quantitative estimate of drug-likeness (QED) is 0.422. The van der Waals surface area contributed by atoms with Crippen molar-refractivity contribution in [3.8, 4) is 0 Å². The van der Waals surface area contributed by atoms with E-state index >= 15 is 0 Å². The van der Waals surface area contributed by atoms with Crippen LogP contribution in [-0.2, 0) is 4.74 Å². The van der Waals surface area contributed by atoms with Gasteiger partial charge in [-0.25, -0.2) is 0 Å². The maximum Gasteiger partial charge on any atom is 0.0500 e. The molecule has 64 valence electrons. The Morgan fingerprint density at radius 3 is 2.45 bits per heavy atom. The molecule has 0 aromatic rings. The van der Waals surface area contributed by atoms with Gasteiger partial charge in [-0.05, 0) is 19.8 Å². The number of hydrogen-bond acceptors (Lipinski definition) is 1. The molecule has 1 heteroatoms. The van der Waals surface area contributed by atoms with Crippen molar-refractivity contribution in [1.29, 1.82) is 0 Å². The van der Waals surface area contributed by atoms with Gasteiger partial charge >= 0.3 is 0 Å². The first kappa shape index (κ1) is 10.4. The summed E-state index contributed by atoms with van der Waals surface area (Å²) in [5.41, 5.74) is 0. The largest absolute Gasteiger partial charge is 0.381 e. The Kier molecular flexibility index (Phi) is 8.96. The molecule has 0 aliphatic carbocycles. The molecule has 0 saturated carbocycles. The fourth-order valence-corrected chi connectivity index (χ4v) is 0.685. The van der Waals surface area contributed by atoms with Crippen LogP contribution in [0.25, 0.3) is 0 Å². The van der Waals surface area contributed by atoms with Crippen LogP contribution in [-0.4, -0.2) is 13.2 Å². The Balaban J connectivity index is 3.09. The van der Waals surface area contributed by atoms with Crippen LogP contribution in [0.4, 0.5) is 0 Å².